The predicted octanol–water partition coefficient (Wildman–Crippen LogP) is 6.26. The lowest BCUT2D eigenvalue weighted by molar-refractivity contribution is 0.669. The van der Waals surface area contributed by atoms with Gasteiger partial charge in [0.05, 0.1) is 11.1 Å². The van der Waals surface area contributed by atoms with Gasteiger partial charge in [0.2, 0.25) is 0 Å². The molecule has 4 nitrogen and oxygen atoms in total. The lowest BCUT2D eigenvalue weighted by Crippen LogP contribution is -2.23. The van der Waals surface area contributed by atoms with Crippen molar-refractivity contribution < 1.29 is 0 Å². The zero-order valence-electron chi connectivity index (χ0n) is 16.6. The van der Waals surface area contributed by atoms with Crippen LogP contribution in [-0.4, -0.2) is 14.5 Å². The minimum absolute atomic E-state index is 0.0956. The van der Waals surface area contributed by atoms with E-state index < -0.39 is 0 Å². The van der Waals surface area contributed by atoms with Gasteiger partial charge in [0, 0.05) is 21.5 Å². The minimum atomic E-state index is -0.0956. The van der Waals surface area contributed by atoms with Gasteiger partial charge >= 0.3 is 0 Å². The highest BCUT2D eigenvalue weighted by atomic mass is 35.5. The molecule has 0 saturated heterocycles. The average molecular weight is 468 g/mol. The van der Waals surface area contributed by atoms with Crippen LogP contribution in [0, 0.1) is 0 Å². The van der Waals surface area contributed by atoms with Crippen molar-refractivity contribution in [3.05, 3.63) is 91.8 Å². The second kappa shape index (κ2) is 8.65. The van der Waals surface area contributed by atoms with Crippen molar-refractivity contribution in [2.45, 2.75) is 36.6 Å². The van der Waals surface area contributed by atoms with Gasteiger partial charge in [-0.3, -0.25) is 9.36 Å². The number of hydrogen-bond donors (Lipinski definition) is 0. The van der Waals surface area contributed by atoms with E-state index in [1.54, 1.807) is 10.6 Å². The third kappa shape index (κ3) is 4.10. The fraction of sp³-hybridized carbons (Fsp3) is 0.208. The van der Waals surface area contributed by atoms with Crippen molar-refractivity contribution in [1.82, 2.24) is 14.5 Å². The minimum Gasteiger partial charge on any atom is -0.268 e. The van der Waals surface area contributed by atoms with Gasteiger partial charge in [-0.2, -0.15) is 0 Å². The molecule has 0 atom stereocenters. The van der Waals surface area contributed by atoms with Gasteiger partial charge in [-0.15, -0.1) is 0 Å². The SMILES string of the molecule is O=c1c2cc3c(nc2nc(SCc2ccc(Cl)cc2Cl)n1-c1ccccc1)CCCC3. The molecule has 0 amide bonds. The monoisotopic (exact) mass is 467 g/mol. The first-order chi connectivity index (χ1) is 15.1. The number of halogens is 2. The quantitative estimate of drug-likeness (QED) is 0.262. The highest BCUT2D eigenvalue weighted by molar-refractivity contribution is 7.98. The molecule has 156 valence electrons. The summed E-state index contributed by atoms with van der Waals surface area (Å²) in [7, 11) is 0. The van der Waals surface area contributed by atoms with Crippen LogP contribution in [0.3, 0.4) is 0 Å². The molecule has 2 aromatic heterocycles. The smallest absolute Gasteiger partial charge is 0.268 e. The molecule has 31 heavy (non-hydrogen) atoms. The molecule has 0 radical (unpaired) electrons. The average Bonchev–Trinajstić information content (AvgIpc) is 2.78. The summed E-state index contributed by atoms with van der Waals surface area (Å²) in [4.78, 5) is 23.2. The van der Waals surface area contributed by atoms with Crippen molar-refractivity contribution in [3.8, 4) is 5.69 Å². The summed E-state index contributed by atoms with van der Waals surface area (Å²) in [6, 6.07) is 17.0. The predicted molar refractivity (Wildman–Crippen MR) is 128 cm³/mol. The number of hydrogen-bond acceptors (Lipinski definition) is 4. The Hall–Kier alpha value is -2.34. The van der Waals surface area contributed by atoms with Gasteiger partial charge in [-0.05, 0) is 67.1 Å². The van der Waals surface area contributed by atoms with Crippen LogP contribution in [0.25, 0.3) is 16.7 Å². The van der Waals surface area contributed by atoms with E-state index in [-0.39, 0.29) is 5.56 Å². The fourth-order valence-electron chi connectivity index (χ4n) is 3.90. The number of nitrogens with zero attached hydrogens (tertiary/aromatic N) is 3. The Morgan fingerprint density at radius 2 is 1.77 bits per heavy atom. The lowest BCUT2D eigenvalue weighted by atomic mass is 9.95. The third-order valence-corrected chi connectivity index (χ3v) is 7.07. The van der Waals surface area contributed by atoms with Crippen LogP contribution in [0.4, 0.5) is 0 Å². The van der Waals surface area contributed by atoms with E-state index in [4.69, 9.17) is 33.2 Å². The van der Waals surface area contributed by atoms with Gasteiger partial charge in [-0.1, -0.05) is 59.2 Å². The van der Waals surface area contributed by atoms with Gasteiger partial charge < -0.3 is 0 Å². The molecule has 0 spiro atoms. The summed E-state index contributed by atoms with van der Waals surface area (Å²) in [5.41, 5.74) is 4.38. The second-order valence-corrected chi connectivity index (χ2v) is 9.35. The molecular formula is C24H19Cl2N3OS. The molecule has 0 aliphatic heterocycles. The van der Waals surface area contributed by atoms with E-state index in [0.29, 0.717) is 32.0 Å². The Morgan fingerprint density at radius 1 is 0.968 bits per heavy atom. The summed E-state index contributed by atoms with van der Waals surface area (Å²) in [6.45, 7) is 0. The molecule has 0 fully saturated rings. The van der Waals surface area contributed by atoms with Crippen LogP contribution >= 0.6 is 35.0 Å². The first kappa shape index (κ1) is 20.6. The van der Waals surface area contributed by atoms with E-state index >= 15 is 0 Å². The van der Waals surface area contributed by atoms with Crippen LogP contribution in [0.2, 0.25) is 10.0 Å². The number of rotatable bonds is 4. The van der Waals surface area contributed by atoms with E-state index in [9.17, 15) is 4.79 Å². The van der Waals surface area contributed by atoms with Crippen LogP contribution < -0.4 is 5.56 Å². The van der Waals surface area contributed by atoms with Crippen LogP contribution in [0.1, 0.15) is 29.7 Å². The second-order valence-electron chi connectivity index (χ2n) is 7.57. The Morgan fingerprint density at radius 3 is 2.58 bits per heavy atom. The number of thioether (sulfide) groups is 1. The van der Waals surface area contributed by atoms with Crippen LogP contribution in [0.15, 0.2) is 64.5 Å². The van der Waals surface area contributed by atoms with E-state index in [0.717, 1.165) is 42.6 Å². The van der Waals surface area contributed by atoms with Crippen molar-refractivity contribution in [3.63, 3.8) is 0 Å². The Bertz CT molecular complexity index is 1340. The molecule has 0 N–H and O–H groups in total. The Labute approximate surface area is 194 Å². The standard InChI is InChI=1S/C24H19Cl2N3OS/c25-17-11-10-16(20(26)13-17)14-31-24-28-22-19(12-15-6-4-5-9-21(15)27-22)23(30)29(24)18-7-2-1-3-8-18/h1-3,7-8,10-13H,4-6,9,14H2. The fourth-order valence-corrected chi connectivity index (χ4v) is 5.46. The normalized spacial score (nSPS) is 13.4. The van der Waals surface area contributed by atoms with E-state index in [2.05, 4.69) is 0 Å². The molecule has 7 heteroatoms. The molecule has 4 aromatic rings. The summed E-state index contributed by atoms with van der Waals surface area (Å²) < 4.78 is 1.67. The maximum Gasteiger partial charge on any atom is 0.268 e. The number of aromatic nitrogens is 3. The van der Waals surface area contributed by atoms with E-state index in [1.807, 2.05) is 48.5 Å². The molecular weight excluding hydrogens is 449 g/mol. The zero-order valence-corrected chi connectivity index (χ0v) is 19.0. The number of fused-ring (bicyclic) bond motifs is 2. The molecule has 0 unspecified atom stereocenters. The number of pyridine rings is 1. The first-order valence-electron chi connectivity index (χ1n) is 10.2. The highest BCUT2D eigenvalue weighted by Gasteiger charge is 2.19. The van der Waals surface area contributed by atoms with Gasteiger partial charge in [0.15, 0.2) is 10.8 Å². The molecule has 1 aliphatic rings. The van der Waals surface area contributed by atoms with Crippen molar-refractivity contribution >= 4 is 46.0 Å². The molecule has 0 bridgehead atoms. The maximum absolute atomic E-state index is 13.6. The van der Waals surface area contributed by atoms with Crippen LogP contribution in [-0.2, 0) is 18.6 Å². The van der Waals surface area contributed by atoms with Crippen molar-refractivity contribution in [2.75, 3.05) is 0 Å². The summed E-state index contributed by atoms with van der Waals surface area (Å²) in [5, 5.41) is 2.36. The van der Waals surface area contributed by atoms with Gasteiger partial charge in [0.1, 0.15) is 0 Å². The number of para-hydroxylation sites is 1. The maximum atomic E-state index is 13.6. The topological polar surface area (TPSA) is 47.8 Å². The Kier molecular flexibility index (Phi) is 5.74. The summed E-state index contributed by atoms with van der Waals surface area (Å²) in [5.74, 6) is 0.561. The largest absolute Gasteiger partial charge is 0.268 e. The number of aryl methyl sites for hydroxylation is 2. The first-order valence-corrected chi connectivity index (χ1v) is 11.9. The summed E-state index contributed by atoms with van der Waals surface area (Å²) >= 11 is 13.9. The summed E-state index contributed by atoms with van der Waals surface area (Å²) in [6.07, 6.45) is 4.17. The Balaban J connectivity index is 1.65. The van der Waals surface area contributed by atoms with E-state index in [1.165, 1.54) is 17.3 Å². The highest BCUT2D eigenvalue weighted by Crippen LogP contribution is 2.30. The molecule has 2 heterocycles. The molecule has 2 aromatic carbocycles. The van der Waals surface area contributed by atoms with Gasteiger partial charge in [0.25, 0.3) is 5.56 Å². The van der Waals surface area contributed by atoms with Crippen LogP contribution in [0.5, 0.6) is 0 Å². The number of benzene rings is 2. The molecule has 5 rings (SSSR count). The molecule has 1 aliphatic carbocycles. The zero-order chi connectivity index (χ0) is 21.4. The van der Waals surface area contributed by atoms with Gasteiger partial charge in [-0.25, -0.2) is 9.97 Å². The van der Waals surface area contributed by atoms with Crippen molar-refractivity contribution in [1.29, 1.82) is 0 Å². The van der Waals surface area contributed by atoms with Crippen molar-refractivity contribution in [2.24, 2.45) is 0 Å². The lowest BCUT2D eigenvalue weighted by Gasteiger charge is -2.17. The third-order valence-electron chi connectivity index (χ3n) is 5.49. The molecule has 0 saturated carbocycles.